The number of anilines is 1. The SMILES string of the molecule is NCc1ccc(N2CCC(OCCO)CC2)nc1. The first-order chi connectivity index (χ1) is 8.83. The van der Waals surface area contributed by atoms with Gasteiger partial charge in [0.05, 0.1) is 19.3 Å². The molecule has 1 aliphatic rings. The van der Waals surface area contributed by atoms with Gasteiger partial charge < -0.3 is 20.5 Å². The molecule has 0 bridgehead atoms. The number of aliphatic hydroxyl groups is 1. The van der Waals surface area contributed by atoms with E-state index in [0.717, 1.165) is 37.3 Å². The van der Waals surface area contributed by atoms with Crippen LogP contribution in [0.5, 0.6) is 0 Å². The minimum atomic E-state index is 0.0995. The van der Waals surface area contributed by atoms with E-state index < -0.39 is 0 Å². The van der Waals surface area contributed by atoms with Crippen molar-refractivity contribution in [1.82, 2.24) is 4.98 Å². The molecule has 0 unspecified atom stereocenters. The number of pyridine rings is 1. The van der Waals surface area contributed by atoms with Crippen LogP contribution in [-0.2, 0) is 11.3 Å². The lowest BCUT2D eigenvalue weighted by Gasteiger charge is -2.32. The van der Waals surface area contributed by atoms with Crippen LogP contribution in [0, 0.1) is 0 Å². The third kappa shape index (κ3) is 3.41. The Balaban J connectivity index is 1.84. The van der Waals surface area contributed by atoms with E-state index in [0.29, 0.717) is 13.2 Å². The van der Waals surface area contributed by atoms with E-state index in [1.807, 2.05) is 18.3 Å². The van der Waals surface area contributed by atoms with Crippen LogP contribution in [0.15, 0.2) is 18.3 Å². The van der Waals surface area contributed by atoms with Crippen LogP contribution in [0.3, 0.4) is 0 Å². The number of nitrogens with two attached hydrogens (primary N) is 1. The Morgan fingerprint density at radius 2 is 2.17 bits per heavy atom. The Morgan fingerprint density at radius 1 is 1.39 bits per heavy atom. The second-order valence-corrected chi connectivity index (χ2v) is 4.51. The highest BCUT2D eigenvalue weighted by Gasteiger charge is 2.20. The molecule has 1 aliphatic heterocycles. The average molecular weight is 251 g/mol. The van der Waals surface area contributed by atoms with E-state index in [2.05, 4.69) is 9.88 Å². The van der Waals surface area contributed by atoms with E-state index in [-0.39, 0.29) is 12.7 Å². The van der Waals surface area contributed by atoms with Crippen LogP contribution in [0.2, 0.25) is 0 Å². The van der Waals surface area contributed by atoms with Crippen LogP contribution < -0.4 is 10.6 Å². The lowest BCUT2D eigenvalue weighted by Crippen LogP contribution is -2.37. The minimum Gasteiger partial charge on any atom is -0.394 e. The second kappa shape index (κ2) is 6.68. The van der Waals surface area contributed by atoms with Crippen LogP contribution in [0.4, 0.5) is 5.82 Å². The number of aliphatic hydroxyl groups excluding tert-OH is 1. The van der Waals surface area contributed by atoms with E-state index in [1.165, 1.54) is 0 Å². The number of hydrogen-bond acceptors (Lipinski definition) is 5. The Kier molecular flexibility index (Phi) is 4.92. The van der Waals surface area contributed by atoms with Gasteiger partial charge in [-0.2, -0.15) is 0 Å². The fraction of sp³-hybridized carbons (Fsp3) is 0.615. The van der Waals surface area contributed by atoms with Gasteiger partial charge in [-0.1, -0.05) is 6.07 Å². The summed E-state index contributed by atoms with van der Waals surface area (Å²) in [5, 5.41) is 8.72. The fourth-order valence-electron chi connectivity index (χ4n) is 2.20. The maximum Gasteiger partial charge on any atom is 0.128 e. The smallest absolute Gasteiger partial charge is 0.128 e. The topological polar surface area (TPSA) is 71.6 Å². The molecule has 1 aromatic heterocycles. The van der Waals surface area contributed by atoms with Gasteiger partial charge in [0.2, 0.25) is 0 Å². The van der Waals surface area contributed by atoms with Gasteiger partial charge in [0, 0.05) is 25.8 Å². The van der Waals surface area contributed by atoms with Crippen molar-refractivity contribution in [1.29, 1.82) is 0 Å². The summed E-state index contributed by atoms with van der Waals surface area (Å²) < 4.78 is 5.54. The zero-order chi connectivity index (χ0) is 12.8. The zero-order valence-electron chi connectivity index (χ0n) is 10.6. The summed E-state index contributed by atoms with van der Waals surface area (Å²) in [7, 11) is 0. The molecule has 0 atom stereocenters. The predicted molar refractivity (Wildman–Crippen MR) is 70.4 cm³/mol. The number of aromatic nitrogens is 1. The maximum atomic E-state index is 8.72. The number of ether oxygens (including phenoxy) is 1. The minimum absolute atomic E-state index is 0.0995. The average Bonchev–Trinajstić information content (AvgIpc) is 2.46. The molecule has 0 aliphatic carbocycles. The summed E-state index contributed by atoms with van der Waals surface area (Å²) in [6.07, 6.45) is 4.08. The van der Waals surface area contributed by atoms with Crippen molar-refractivity contribution in [3.63, 3.8) is 0 Å². The molecule has 0 amide bonds. The van der Waals surface area contributed by atoms with Crippen molar-refractivity contribution in [3.05, 3.63) is 23.9 Å². The molecular formula is C13H21N3O2. The molecule has 0 saturated carbocycles. The first-order valence-corrected chi connectivity index (χ1v) is 6.46. The lowest BCUT2D eigenvalue weighted by molar-refractivity contribution is 0.0158. The molecular weight excluding hydrogens is 230 g/mol. The molecule has 1 saturated heterocycles. The van der Waals surface area contributed by atoms with Crippen LogP contribution in [-0.4, -0.2) is 42.5 Å². The molecule has 2 rings (SSSR count). The van der Waals surface area contributed by atoms with Gasteiger partial charge in [-0.05, 0) is 24.5 Å². The van der Waals surface area contributed by atoms with E-state index in [4.69, 9.17) is 15.6 Å². The van der Waals surface area contributed by atoms with Crippen LogP contribution in [0.1, 0.15) is 18.4 Å². The molecule has 3 N–H and O–H groups in total. The van der Waals surface area contributed by atoms with Gasteiger partial charge >= 0.3 is 0 Å². The van der Waals surface area contributed by atoms with Gasteiger partial charge in [0.15, 0.2) is 0 Å². The number of hydrogen-bond donors (Lipinski definition) is 2. The third-order valence-corrected chi connectivity index (χ3v) is 3.26. The summed E-state index contributed by atoms with van der Waals surface area (Å²) in [4.78, 5) is 6.69. The fourth-order valence-corrected chi connectivity index (χ4v) is 2.20. The highest BCUT2D eigenvalue weighted by atomic mass is 16.5. The Hall–Kier alpha value is -1.17. The first kappa shape index (κ1) is 13.3. The Labute approximate surface area is 108 Å². The highest BCUT2D eigenvalue weighted by Crippen LogP contribution is 2.19. The van der Waals surface area contributed by atoms with Crippen LogP contribution >= 0.6 is 0 Å². The molecule has 1 fully saturated rings. The molecule has 2 heterocycles. The van der Waals surface area contributed by atoms with E-state index >= 15 is 0 Å². The molecule has 5 nitrogen and oxygen atoms in total. The summed E-state index contributed by atoms with van der Waals surface area (Å²) in [5.41, 5.74) is 6.61. The second-order valence-electron chi connectivity index (χ2n) is 4.51. The molecule has 0 radical (unpaired) electrons. The van der Waals surface area contributed by atoms with Gasteiger partial charge in [-0.3, -0.25) is 0 Å². The van der Waals surface area contributed by atoms with Crippen LogP contribution in [0.25, 0.3) is 0 Å². The lowest BCUT2D eigenvalue weighted by atomic mass is 10.1. The van der Waals surface area contributed by atoms with Crippen molar-refractivity contribution >= 4 is 5.82 Å². The van der Waals surface area contributed by atoms with Crippen molar-refractivity contribution < 1.29 is 9.84 Å². The van der Waals surface area contributed by atoms with Gasteiger partial charge in [0.1, 0.15) is 5.82 Å². The number of rotatable bonds is 5. The Morgan fingerprint density at radius 3 is 2.72 bits per heavy atom. The normalized spacial score (nSPS) is 17.1. The molecule has 0 spiro atoms. The molecule has 1 aromatic rings. The summed E-state index contributed by atoms with van der Waals surface area (Å²) in [6, 6.07) is 4.05. The van der Waals surface area contributed by atoms with E-state index in [1.54, 1.807) is 0 Å². The molecule has 0 aromatic carbocycles. The molecule has 18 heavy (non-hydrogen) atoms. The van der Waals surface area contributed by atoms with E-state index in [9.17, 15) is 0 Å². The van der Waals surface area contributed by atoms with Gasteiger partial charge in [0.25, 0.3) is 0 Å². The van der Waals surface area contributed by atoms with Crippen molar-refractivity contribution in [2.24, 2.45) is 5.73 Å². The quantitative estimate of drug-likeness (QED) is 0.798. The zero-order valence-corrected chi connectivity index (χ0v) is 10.6. The standard InChI is InChI=1S/C13H21N3O2/c14-9-11-1-2-13(15-10-11)16-5-3-12(4-6-16)18-8-7-17/h1-2,10,12,17H,3-9,14H2. The van der Waals surface area contributed by atoms with Crippen molar-refractivity contribution in [2.75, 3.05) is 31.2 Å². The van der Waals surface area contributed by atoms with Crippen molar-refractivity contribution in [3.8, 4) is 0 Å². The maximum absolute atomic E-state index is 8.72. The van der Waals surface area contributed by atoms with Gasteiger partial charge in [-0.15, -0.1) is 0 Å². The molecule has 5 heteroatoms. The monoisotopic (exact) mass is 251 g/mol. The number of piperidine rings is 1. The summed E-state index contributed by atoms with van der Waals surface area (Å²) in [6.45, 7) is 2.97. The summed E-state index contributed by atoms with van der Waals surface area (Å²) >= 11 is 0. The molecule has 100 valence electrons. The highest BCUT2D eigenvalue weighted by molar-refractivity contribution is 5.39. The Bertz CT molecular complexity index is 348. The first-order valence-electron chi connectivity index (χ1n) is 6.46. The van der Waals surface area contributed by atoms with Gasteiger partial charge in [-0.25, -0.2) is 4.98 Å². The van der Waals surface area contributed by atoms with Crippen molar-refractivity contribution in [2.45, 2.75) is 25.5 Å². The third-order valence-electron chi connectivity index (χ3n) is 3.26. The largest absolute Gasteiger partial charge is 0.394 e. The predicted octanol–water partition coefficient (Wildman–Crippen LogP) is 0.518. The number of nitrogens with zero attached hydrogens (tertiary/aromatic N) is 2. The summed E-state index contributed by atoms with van der Waals surface area (Å²) in [5.74, 6) is 1.01.